The Morgan fingerprint density at radius 2 is 2.00 bits per heavy atom. The topological polar surface area (TPSA) is 35.2 Å². The molecular formula is C13H10BrClFNO. The molecule has 0 bridgehead atoms. The summed E-state index contributed by atoms with van der Waals surface area (Å²) in [7, 11) is 0. The maximum atomic E-state index is 13.1. The highest BCUT2D eigenvalue weighted by atomic mass is 79.9. The minimum absolute atomic E-state index is 0.212. The molecule has 0 aliphatic heterocycles. The average molecular weight is 331 g/mol. The van der Waals surface area contributed by atoms with E-state index in [2.05, 4.69) is 15.9 Å². The SMILES string of the molecule is Nc1cc(F)cc(COc2ccc(Br)cc2Cl)c1. The molecule has 0 aliphatic rings. The summed E-state index contributed by atoms with van der Waals surface area (Å²) < 4.78 is 19.5. The number of nitrogens with two attached hydrogens (primary N) is 1. The molecular weight excluding hydrogens is 321 g/mol. The molecule has 2 N–H and O–H groups in total. The van der Waals surface area contributed by atoms with Gasteiger partial charge in [0, 0.05) is 10.2 Å². The number of rotatable bonds is 3. The van der Waals surface area contributed by atoms with Crippen LogP contribution in [0.3, 0.4) is 0 Å². The molecule has 18 heavy (non-hydrogen) atoms. The van der Waals surface area contributed by atoms with Crippen LogP contribution < -0.4 is 10.5 Å². The van der Waals surface area contributed by atoms with Gasteiger partial charge in [-0.05, 0) is 42.0 Å². The van der Waals surface area contributed by atoms with E-state index in [-0.39, 0.29) is 12.4 Å². The van der Waals surface area contributed by atoms with Crippen LogP contribution in [0.15, 0.2) is 40.9 Å². The number of ether oxygens (including phenoxy) is 1. The maximum absolute atomic E-state index is 13.1. The lowest BCUT2D eigenvalue weighted by molar-refractivity contribution is 0.306. The molecule has 0 heterocycles. The molecule has 0 atom stereocenters. The molecule has 0 saturated carbocycles. The van der Waals surface area contributed by atoms with E-state index in [1.54, 1.807) is 18.2 Å². The van der Waals surface area contributed by atoms with E-state index in [1.807, 2.05) is 6.07 Å². The lowest BCUT2D eigenvalue weighted by Crippen LogP contribution is -1.98. The van der Waals surface area contributed by atoms with Crippen LogP contribution in [0.5, 0.6) is 5.75 Å². The summed E-state index contributed by atoms with van der Waals surface area (Å²) in [5, 5.41) is 0.494. The predicted octanol–water partition coefficient (Wildman–Crippen LogP) is 4.40. The average Bonchev–Trinajstić information content (AvgIpc) is 2.26. The Bertz CT molecular complexity index is 557. The molecule has 94 valence electrons. The molecule has 2 aromatic rings. The van der Waals surface area contributed by atoms with Crippen LogP contribution in [0.1, 0.15) is 5.56 Å². The predicted molar refractivity (Wildman–Crippen MR) is 74.3 cm³/mol. The third-order valence-electron chi connectivity index (χ3n) is 2.27. The Labute approximate surface area is 118 Å². The number of hydrogen-bond donors (Lipinski definition) is 1. The highest BCUT2D eigenvalue weighted by Crippen LogP contribution is 2.28. The zero-order valence-electron chi connectivity index (χ0n) is 9.29. The first-order valence-corrected chi connectivity index (χ1v) is 6.34. The molecule has 2 rings (SSSR count). The fraction of sp³-hybridized carbons (Fsp3) is 0.0769. The van der Waals surface area contributed by atoms with Crippen LogP contribution in [0.2, 0.25) is 5.02 Å². The molecule has 2 nitrogen and oxygen atoms in total. The fourth-order valence-corrected chi connectivity index (χ4v) is 2.24. The molecule has 2 aromatic carbocycles. The highest BCUT2D eigenvalue weighted by Gasteiger charge is 2.04. The molecule has 0 spiro atoms. The van der Waals surface area contributed by atoms with Crippen molar-refractivity contribution in [1.29, 1.82) is 0 Å². The van der Waals surface area contributed by atoms with Gasteiger partial charge in [0.25, 0.3) is 0 Å². The summed E-state index contributed by atoms with van der Waals surface area (Å²) >= 11 is 9.31. The van der Waals surface area contributed by atoms with E-state index >= 15 is 0 Å². The minimum Gasteiger partial charge on any atom is -0.487 e. The van der Waals surface area contributed by atoms with Gasteiger partial charge in [-0.1, -0.05) is 27.5 Å². The molecule has 5 heteroatoms. The number of hydrogen-bond acceptors (Lipinski definition) is 2. The summed E-state index contributed by atoms with van der Waals surface area (Å²) in [5.41, 5.74) is 6.58. The number of benzene rings is 2. The van der Waals surface area contributed by atoms with Crippen LogP contribution >= 0.6 is 27.5 Å². The van der Waals surface area contributed by atoms with Gasteiger partial charge in [-0.15, -0.1) is 0 Å². The number of anilines is 1. The zero-order valence-corrected chi connectivity index (χ0v) is 11.6. The Kier molecular flexibility index (Phi) is 4.09. The minimum atomic E-state index is -0.379. The first kappa shape index (κ1) is 13.2. The van der Waals surface area contributed by atoms with E-state index in [1.165, 1.54) is 12.1 Å². The van der Waals surface area contributed by atoms with Crippen LogP contribution in [0.25, 0.3) is 0 Å². The van der Waals surface area contributed by atoms with Crippen molar-refractivity contribution in [3.63, 3.8) is 0 Å². The van der Waals surface area contributed by atoms with Gasteiger partial charge in [0.2, 0.25) is 0 Å². The van der Waals surface area contributed by atoms with E-state index in [0.29, 0.717) is 22.0 Å². The standard InChI is InChI=1S/C13H10BrClFNO/c14-9-1-2-13(12(15)5-9)18-7-8-3-10(16)6-11(17)4-8/h1-6H,7,17H2. The molecule has 0 aliphatic carbocycles. The van der Waals surface area contributed by atoms with Crippen molar-refractivity contribution in [2.24, 2.45) is 0 Å². The van der Waals surface area contributed by atoms with E-state index < -0.39 is 0 Å². The van der Waals surface area contributed by atoms with Gasteiger partial charge in [0.1, 0.15) is 18.2 Å². The first-order chi connectivity index (χ1) is 8.54. The second-order valence-corrected chi connectivity index (χ2v) is 5.08. The summed E-state index contributed by atoms with van der Waals surface area (Å²) in [6.07, 6.45) is 0. The number of halogens is 3. The lowest BCUT2D eigenvalue weighted by atomic mass is 10.2. The van der Waals surface area contributed by atoms with Crippen molar-refractivity contribution >= 4 is 33.2 Å². The van der Waals surface area contributed by atoms with Gasteiger partial charge in [0.05, 0.1) is 5.02 Å². The smallest absolute Gasteiger partial charge is 0.138 e. The molecule has 0 fully saturated rings. The van der Waals surface area contributed by atoms with Gasteiger partial charge >= 0.3 is 0 Å². The fourth-order valence-electron chi connectivity index (χ4n) is 1.51. The maximum Gasteiger partial charge on any atom is 0.138 e. The normalized spacial score (nSPS) is 10.4. The monoisotopic (exact) mass is 329 g/mol. The molecule has 0 aromatic heterocycles. The quantitative estimate of drug-likeness (QED) is 0.846. The largest absolute Gasteiger partial charge is 0.487 e. The van der Waals surface area contributed by atoms with Crippen molar-refractivity contribution in [1.82, 2.24) is 0 Å². The summed E-state index contributed by atoms with van der Waals surface area (Å²) in [5.74, 6) is 0.165. The van der Waals surface area contributed by atoms with E-state index in [9.17, 15) is 4.39 Å². The summed E-state index contributed by atoms with van der Waals surface area (Å²) in [6, 6.07) is 9.60. The van der Waals surface area contributed by atoms with Crippen molar-refractivity contribution in [3.8, 4) is 5.75 Å². The Morgan fingerprint density at radius 3 is 2.67 bits per heavy atom. The highest BCUT2D eigenvalue weighted by molar-refractivity contribution is 9.10. The van der Waals surface area contributed by atoms with Crippen molar-refractivity contribution < 1.29 is 9.13 Å². The second kappa shape index (κ2) is 5.59. The van der Waals surface area contributed by atoms with E-state index in [4.69, 9.17) is 22.1 Å². The van der Waals surface area contributed by atoms with Crippen LogP contribution in [-0.2, 0) is 6.61 Å². The second-order valence-electron chi connectivity index (χ2n) is 3.76. The van der Waals surface area contributed by atoms with Gasteiger partial charge in [0.15, 0.2) is 0 Å². The molecule has 0 radical (unpaired) electrons. The molecule has 0 saturated heterocycles. The van der Waals surface area contributed by atoms with Gasteiger partial charge in [-0.25, -0.2) is 4.39 Å². The Balaban J connectivity index is 2.11. The van der Waals surface area contributed by atoms with Gasteiger partial charge in [-0.2, -0.15) is 0 Å². The van der Waals surface area contributed by atoms with Crippen LogP contribution in [0, 0.1) is 5.82 Å². The van der Waals surface area contributed by atoms with Crippen molar-refractivity contribution in [2.75, 3.05) is 5.73 Å². The van der Waals surface area contributed by atoms with Gasteiger partial charge < -0.3 is 10.5 Å². The first-order valence-electron chi connectivity index (χ1n) is 5.17. The van der Waals surface area contributed by atoms with Crippen molar-refractivity contribution in [3.05, 3.63) is 57.3 Å². The van der Waals surface area contributed by atoms with Crippen LogP contribution in [0.4, 0.5) is 10.1 Å². The lowest BCUT2D eigenvalue weighted by Gasteiger charge is -2.09. The molecule has 0 amide bonds. The molecule has 0 unspecified atom stereocenters. The Morgan fingerprint density at radius 1 is 1.22 bits per heavy atom. The summed E-state index contributed by atoms with van der Waals surface area (Å²) in [6.45, 7) is 0.212. The van der Waals surface area contributed by atoms with E-state index in [0.717, 1.165) is 4.47 Å². The van der Waals surface area contributed by atoms with Crippen molar-refractivity contribution in [2.45, 2.75) is 6.61 Å². The third kappa shape index (κ3) is 3.37. The summed E-state index contributed by atoms with van der Waals surface area (Å²) in [4.78, 5) is 0. The number of nitrogen functional groups attached to an aromatic ring is 1. The third-order valence-corrected chi connectivity index (χ3v) is 3.06. The zero-order chi connectivity index (χ0) is 13.1. The van der Waals surface area contributed by atoms with Gasteiger partial charge in [-0.3, -0.25) is 0 Å². The Hall–Kier alpha value is -1.26. The van der Waals surface area contributed by atoms with Crippen LogP contribution in [-0.4, -0.2) is 0 Å².